The molecular weight excluding hydrogens is 435 g/mol. The van der Waals surface area contributed by atoms with E-state index in [0.717, 1.165) is 10.4 Å². The number of carbonyl (C=O) groups excluding carboxylic acids is 1. The first-order chi connectivity index (χ1) is 14.9. The van der Waals surface area contributed by atoms with Gasteiger partial charge in [0.25, 0.3) is 0 Å². The fourth-order valence-corrected chi connectivity index (χ4v) is 6.08. The molecule has 31 heavy (non-hydrogen) atoms. The standard InChI is InChI=1S/C23H23FN2O3S2/c24-19-10-8-17(9-11-19)22(21-7-4-16-30-21)25-23(27)18-12-14-26(15-13-18)31(28,29)20-5-2-1-3-6-20/h1-11,16,18,22H,12-15H2,(H,25,27)/t22-/m1/s1. The molecule has 4 rings (SSSR count). The molecular formula is C23H23FN2O3S2. The van der Waals surface area contributed by atoms with Gasteiger partial charge in [-0.05, 0) is 54.1 Å². The molecule has 1 aromatic heterocycles. The minimum absolute atomic E-state index is 0.112. The Morgan fingerprint density at radius 2 is 1.68 bits per heavy atom. The van der Waals surface area contributed by atoms with Gasteiger partial charge in [0.05, 0.1) is 10.9 Å². The SMILES string of the molecule is O=C(N[C@H](c1ccc(F)cc1)c1cccs1)C1CCN(S(=O)(=O)c2ccccc2)CC1. The van der Waals surface area contributed by atoms with E-state index in [-0.39, 0.29) is 28.6 Å². The van der Waals surface area contributed by atoms with Crippen LogP contribution in [0.3, 0.4) is 0 Å². The molecule has 1 atom stereocenters. The number of benzene rings is 2. The van der Waals surface area contributed by atoms with E-state index in [9.17, 15) is 17.6 Å². The van der Waals surface area contributed by atoms with Crippen LogP contribution < -0.4 is 5.32 Å². The summed E-state index contributed by atoms with van der Waals surface area (Å²) in [4.78, 5) is 14.3. The smallest absolute Gasteiger partial charge is 0.243 e. The van der Waals surface area contributed by atoms with Crippen LogP contribution >= 0.6 is 11.3 Å². The van der Waals surface area contributed by atoms with E-state index >= 15 is 0 Å². The van der Waals surface area contributed by atoms with Crippen LogP contribution in [0.5, 0.6) is 0 Å². The second-order valence-corrected chi connectivity index (χ2v) is 10.4. The van der Waals surface area contributed by atoms with E-state index in [0.29, 0.717) is 25.9 Å². The molecule has 1 aliphatic rings. The second-order valence-electron chi connectivity index (χ2n) is 7.50. The third kappa shape index (κ3) is 4.87. The van der Waals surface area contributed by atoms with Gasteiger partial charge in [0.1, 0.15) is 5.82 Å². The van der Waals surface area contributed by atoms with Crippen molar-refractivity contribution in [3.63, 3.8) is 0 Å². The molecule has 0 aliphatic carbocycles. The number of carbonyl (C=O) groups is 1. The number of halogens is 1. The van der Waals surface area contributed by atoms with E-state index < -0.39 is 10.0 Å². The van der Waals surface area contributed by atoms with Gasteiger partial charge in [-0.3, -0.25) is 4.79 Å². The normalized spacial score (nSPS) is 16.7. The van der Waals surface area contributed by atoms with Crippen LogP contribution in [0, 0.1) is 11.7 Å². The number of sulfonamides is 1. The van der Waals surface area contributed by atoms with Crippen molar-refractivity contribution in [1.82, 2.24) is 9.62 Å². The van der Waals surface area contributed by atoms with E-state index in [1.165, 1.54) is 27.8 Å². The first-order valence-electron chi connectivity index (χ1n) is 10.1. The van der Waals surface area contributed by atoms with Crippen molar-refractivity contribution in [2.75, 3.05) is 13.1 Å². The maximum absolute atomic E-state index is 13.4. The number of hydrogen-bond donors (Lipinski definition) is 1. The fourth-order valence-electron chi connectivity index (χ4n) is 3.79. The van der Waals surface area contributed by atoms with Crippen molar-refractivity contribution in [1.29, 1.82) is 0 Å². The molecule has 3 aromatic rings. The van der Waals surface area contributed by atoms with Crippen LogP contribution in [0.1, 0.15) is 29.3 Å². The largest absolute Gasteiger partial charge is 0.344 e. The van der Waals surface area contributed by atoms with Crippen molar-refractivity contribution in [2.45, 2.75) is 23.8 Å². The molecule has 1 saturated heterocycles. The van der Waals surface area contributed by atoms with Crippen LogP contribution in [-0.2, 0) is 14.8 Å². The topological polar surface area (TPSA) is 66.5 Å². The van der Waals surface area contributed by atoms with Gasteiger partial charge in [0.15, 0.2) is 0 Å². The maximum Gasteiger partial charge on any atom is 0.243 e. The molecule has 0 spiro atoms. The lowest BCUT2D eigenvalue weighted by molar-refractivity contribution is -0.126. The van der Waals surface area contributed by atoms with Gasteiger partial charge in [0.2, 0.25) is 15.9 Å². The Labute approximate surface area is 185 Å². The van der Waals surface area contributed by atoms with E-state index in [4.69, 9.17) is 0 Å². The van der Waals surface area contributed by atoms with Crippen LogP contribution in [0.4, 0.5) is 4.39 Å². The lowest BCUT2D eigenvalue weighted by atomic mass is 9.96. The Balaban J connectivity index is 1.43. The molecule has 2 aromatic carbocycles. The number of thiophene rings is 1. The number of amides is 1. The monoisotopic (exact) mass is 458 g/mol. The number of piperidine rings is 1. The van der Waals surface area contributed by atoms with Crippen molar-refractivity contribution in [2.24, 2.45) is 5.92 Å². The van der Waals surface area contributed by atoms with Gasteiger partial charge in [-0.1, -0.05) is 36.4 Å². The highest BCUT2D eigenvalue weighted by atomic mass is 32.2. The first-order valence-corrected chi connectivity index (χ1v) is 12.4. The van der Waals surface area contributed by atoms with Gasteiger partial charge in [-0.15, -0.1) is 11.3 Å². The highest BCUT2D eigenvalue weighted by Crippen LogP contribution is 2.29. The molecule has 162 valence electrons. The summed E-state index contributed by atoms with van der Waals surface area (Å²) in [7, 11) is -3.55. The molecule has 0 unspecified atom stereocenters. The minimum atomic E-state index is -3.55. The summed E-state index contributed by atoms with van der Waals surface area (Å²) in [6, 6.07) is 18.0. The van der Waals surface area contributed by atoms with E-state index in [2.05, 4.69) is 5.32 Å². The summed E-state index contributed by atoms with van der Waals surface area (Å²) in [5, 5.41) is 5.03. The highest BCUT2D eigenvalue weighted by molar-refractivity contribution is 7.89. The zero-order valence-corrected chi connectivity index (χ0v) is 18.4. The van der Waals surface area contributed by atoms with Gasteiger partial charge in [-0.2, -0.15) is 4.31 Å². The number of nitrogens with one attached hydrogen (secondary N) is 1. The first kappa shape index (κ1) is 21.7. The molecule has 1 amide bonds. The average molecular weight is 459 g/mol. The Hall–Kier alpha value is -2.55. The maximum atomic E-state index is 13.4. The van der Waals surface area contributed by atoms with Gasteiger partial charge in [-0.25, -0.2) is 12.8 Å². The van der Waals surface area contributed by atoms with Crippen LogP contribution in [0.15, 0.2) is 77.0 Å². The molecule has 0 radical (unpaired) electrons. The second kappa shape index (κ2) is 9.30. The predicted molar refractivity (Wildman–Crippen MR) is 119 cm³/mol. The van der Waals surface area contributed by atoms with Crippen molar-refractivity contribution >= 4 is 27.3 Å². The van der Waals surface area contributed by atoms with Crippen molar-refractivity contribution in [3.8, 4) is 0 Å². The summed E-state index contributed by atoms with van der Waals surface area (Å²) in [5.74, 6) is -0.711. The molecule has 1 aliphatic heterocycles. The molecule has 2 heterocycles. The molecule has 0 bridgehead atoms. The number of nitrogens with zero attached hydrogens (tertiary/aromatic N) is 1. The van der Waals surface area contributed by atoms with Crippen LogP contribution in [0.25, 0.3) is 0 Å². The zero-order valence-electron chi connectivity index (χ0n) is 16.8. The average Bonchev–Trinajstić information content (AvgIpc) is 3.33. The molecule has 8 heteroatoms. The minimum Gasteiger partial charge on any atom is -0.344 e. The quantitative estimate of drug-likeness (QED) is 0.602. The lowest BCUT2D eigenvalue weighted by Crippen LogP contribution is -2.43. The summed E-state index contributed by atoms with van der Waals surface area (Å²) < 4.78 is 40.4. The number of rotatable bonds is 6. The predicted octanol–water partition coefficient (Wildman–Crippen LogP) is 4.19. The van der Waals surface area contributed by atoms with E-state index in [1.54, 1.807) is 42.5 Å². The van der Waals surface area contributed by atoms with Crippen LogP contribution in [-0.4, -0.2) is 31.7 Å². The lowest BCUT2D eigenvalue weighted by Gasteiger charge is -2.31. The molecule has 5 nitrogen and oxygen atoms in total. The summed E-state index contributed by atoms with van der Waals surface area (Å²) in [5.41, 5.74) is 0.807. The zero-order chi connectivity index (χ0) is 21.8. The van der Waals surface area contributed by atoms with Gasteiger partial charge in [0, 0.05) is 23.9 Å². The Morgan fingerprint density at radius 1 is 1.00 bits per heavy atom. The molecule has 1 N–H and O–H groups in total. The highest BCUT2D eigenvalue weighted by Gasteiger charge is 2.33. The van der Waals surface area contributed by atoms with Gasteiger partial charge >= 0.3 is 0 Å². The van der Waals surface area contributed by atoms with Gasteiger partial charge < -0.3 is 5.32 Å². The number of hydrogen-bond acceptors (Lipinski definition) is 4. The third-order valence-corrected chi connectivity index (χ3v) is 8.37. The van der Waals surface area contributed by atoms with Crippen molar-refractivity contribution in [3.05, 3.63) is 88.4 Å². The Kier molecular flexibility index (Phi) is 6.50. The van der Waals surface area contributed by atoms with E-state index in [1.807, 2.05) is 17.5 Å². The van der Waals surface area contributed by atoms with Crippen molar-refractivity contribution < 1.29 is 17.6 Å². The molecule has 0 saturated carbocycles. The Bertz CT molecular complexity index is 1110. The summed E-state index contributed by atoms with van der Waals surface area (Å²) in [6.07, 6.45) is 0.914. The fraction of sp³-hybridized carbons (Fsp3) is 0.261. The third-order valence-electron chi connectivity index (χ3n) is 5.52. The van der Waals surface area contributed by atoms with Crippen LogP contribution in [0.2, 0.25) is 0 Å². The summed E-state index contributed by atoms with van der Waals surface area (Å²) in [6.45, 7) is 0.602. The summed E-state index contributed by atoms with van der Waals surface area (Å²) >= 11 is 1.52. The molecule has 1 fully saturated rings. The Morgan fingerprint density at radius 3 is 2.29 bits per heavy atom.